The molecule has 6 heteroatoms. The standard InChI is InChI=1S/C16H17NO5/c1-11-17-16(14(18)20-2,15(19)21-3)13(22-11)10-9-12-7-5-4-6-8-12/h4-10,13H,1-3H3. The van der Waals surface area contributed by atoms with Crippen molar-refractivity contribution in [1.29, 1.82) is 0 Å². The number of nitrogens with zero attached hydrogens (tertiary/aromatic N) is 1. The average Bonchev–Trinajstić information content (AvgIpc) is 2.89. The maximum absolute atomic E-state index is 12.2. The number of hydrogen-bond donors (Lipinski definition) is 0. The molecule has 1 unspecified atom stereocenters. The Morgan fingerprint density at radius 3 is 2.32 bits per heavy atom. The van der Waals surface area contributed by atoms with Crippen LogP contribution in [0.25, 0.3) is 6.08 Å². The highest BCUT2D eigenvalue weighted by molar-refractivity contribution is 6.09. The molecule has 1 atom stereocenters. The van der Waals surface area contributed by atoms with Crippen LogP contribution in [0.5, 0.6) is 0 Å². The van der Waals surface area contributed by atoms with E-state index in [1.165, 1.54) is 14.2 Å². The summed E-state index contributed by atoms with van der Waals surface area (Å²) < 4.78 is 15.0. The zero-order valence-electron chi connectivity index (χ0n) is 12.6. The van der Waals surface area contributed by atoms with Crippen LogP contribution in [0.2, 0.25) is 0 Å². The Balaban J connectivity index is 2.39. The predicted molar refractivity (Wildman–Crippen MR) is 80.2 cm³/mol. The Hall–Kier alpha value is -2.63. The molecule has 0 N–H and O–H groups in total. The largest absolute Gasteiger partial charge is 0.470 e. The van der Waals surface area contributed by atoms with E-state index in [0.717, 1.165) is 5.56 Å². The quantitative estimate of drug-likeness (QED) is 0.624. The third-order valence-corrected chi connectivity index (χ3v) is 3.30. The molecule has 1 aromatic carbocycles. The van der Waals surface area contributed by atoms with Crippen molar-refractivity contribution in [3.8, 4) is 0 Å². The minimum Gasteiger partial charge on any atom is -0.470 e. The zero-order valence-corrected chi connectivity index (χ0v) is 12.6. The lowest BCUT2D eigenvalue weighted by Gasteiger charge is -2.24. The van der Waals surface area contributed by atoms with Crippen molar-refractivity contribution in [2.75, 3.05) is 14.2 Å². The van der Waals surface area contributed by atoms with Crippen molar-refractivity contribution in [2.45, 2.75) is 18.6 Å². The molecule has 0 aromatic heterocycles. The molecule has 2 rings (SSSR count). The first-order valence-electron chi connectivity index (χ1n) is 6.67. The maximum atomic E-state index is 12.2. The number of aliphatic imine (C=N–C) groups is 1. The smallest absolute Gasteiger partial charge is 0.350 e. The Labute approximate surface area is 128 Å². The van der Waals surface area contributed by atoms with Crippen LogP contribution >= 0.6 is 0 Å². The van der Waals surface area contributed by atoms with Gasteiger partial charge in [0.15, 0.2) is 12.0 Å². The van der Waals surface area contributed by atoms with Gasteiger partial charge >= 0.3 is 11.9 Å². The summed E-state index contributed by atoms with van der Waals surface area (Å²) in [6.45, 7) is 1.57. The third kappa shape index (κ3) is 2.72. The summed E-state index contributed by atoms with van der Waals surface area (Å²) in [5, 5.41) is 0. The van der Waals surface area contributed by atoms with E-state index in [-0.39, 0.29) is 5.90 Å². The van der Waals surface area contributed by atoms with Crippen LogP contribution in [0.4, 0.5) is 0 Å². The molecule has 0 bridgehead atoms. The SMILES string of the molecule is COC(=O)C1(C(=O)OC)N=C(C)OC1C=Cc1ccccc1. The molecule has 0 fully saturated rings. The van der Waals surface area contributed by atoms with E-state index in [0.29, 0.717) is 0 Å². The minimum atomic E-state index is -1.86. The lowest BCUT2D eigenvalue weighted by Crippen LogP contribution is -2.53. The number of ether oxygens (including phenoxy) is 3. The van der Waals surface area contributed by atoms with Gasteiger partial charge in [0, 0.05) is 6.92 Å². The van der Waals surface area contributed by atoms with E-state index in [4.69, 9.17) is 14.2 Å². The molecule has 0 radical (unpaired) electrons. The number of carbonyl (C=O) groups is 2. The van der Waals surface area contributed by atoms with Gasteiger partial charge in [0.2, 0.25) is 0 Å². The van der Waals surface area contributed by atoms with Crippen molar-refractivity contribution in [1.82, 2.24) is 0 Å². The molecule has 6 nitrogen and oxygen atoms in total. The van der Waals surface area contributed by atoms with Gasteiger partial charge in [0.25, 0.3) is 5.54 Å². The average molecular weight is 303 g/mol. The number of carbonyl (C=O) groups excluding carboxylic acids is 2. The molecule has 0 aliphatic carbocycles. The lowest BCUT2D eigenvalue weighted by atomic mass is 9.92. The van der Waals surface area contributed by atoms with E-state index in [9.17, 15) is 9.59 Å². The number of rotatable bonds is 4. The first-order chi connectivity index (χ1) is 10.5. The highest BCUT2D eigenvalue weighted by Gasteiger charge is 2.59. The molecule has 1 heterocycles. The second-order valence-corrected chi connectivity index (χ2v) is 4.69. The molecule has 1 aromatic rings. The van der Waals surface area contributed by atoms with Gasteiger partial charge in [0.1, 0.15) is 0 Å². The summed E-state index contributed by atoms with van der Waals surface area (Å²) >= 11 is 0. The van der Waals surface area contributed by atoms with Crippen LogP contribution in [0.3, 0.4) is 0 Å². The van der Waals surface area contributed by atoms with Gasteiger partial charge < -0.3 is 14.2 Å². The van der Waals surface area contributed by atoms with E-state index in [1.54, 1.807) is 19.1 Å². The number of benzene rings is 1. The van der Waals surface area contributed by atoms with E-state index >= 15 is 0 Å². The zero-order chi connectivity index (χ0) is 16.2. The Morgan fingerprint density at radius 1 is 1.18 bits per heavy atom. The van der Waals surface area contributed by atoms with Crippen molar-refractivity contribution in [3.05, 3.63) is 42.0 Å². The van der Waals surface area contributed by atoms with Gasteiger partial charge in [-0.2, -0.15) is 0 Å². The van der Waals surface area contributed by atoms with E-state index in [1.807, 2.05) is 30.3 Å². The Morgan fingerprint density at radius 2 is 1.77 bits per heavy atom. The van der Waals surface area contributed by atoms with Crippen LogP contribution in [0.15, 0.2) is 41.4 Å². The molecule has 0 saturated heterocycles. The predicted octanol–water partition coefficient (Wildman–Crippen LogP) is 1.60. The molecule has 0 amide bonds. The van der Waals surface area contributed by atoms with Crippen LogP contribution in [-0.2, 0) is 23.8 Å². The summed E-state index contributed by atoms with van der Waals surface area (Å²) in [5.74, 6) is -1.42. The molecule has 1 aliphatic heterocycles. The summed E-state index contributed by atoms with van der Waals surface area (Å²) in [4.78, 5) is 28.4. The Bertz CT molecular complexity index is 605. The monoisotopic (exact) mass is 303 g/mol. The first kappa shape index (κ1) is 15.8. The fourth-order valence-electron chi connectivity index (χ4n) is 2.27. The highest BCUT2D eigenvalue weighted by atomic mass is 16.6. The topological polar surface area (TPSA) is 74.2 Å². The molecule has 0 spiro atoms. The molecule has 1 aliphatic rings. The molecule has 116 valence electrons. The van der Waals surface area contributed by atoms with Crippen LogP contribution in [0, 0.1) is 0 Å². The number of hydrogen-bond acceptors (Lipinski definition) is 6. The minimum absolute atomic E-state index is 0.221. The van der Waals surface area contributed by atoms with Crippen molar-refractivity contribution in [3.63, 3.8) is 0 Å². The van der Waals surface area contributed by atoms with Gasteiger partial charge in [-0.05, 0) is 11.6 Å². The second-order valence-electron chi connectivity index (χ2n) is 4.69. The Kier molecular flexibility index (Phi) is 4.60. The first-order valence-corrected chi connectivity index (χ1v) is 6.67. The van der Waals surface area contributed by atoms with Gasteiger partial charge in [-0.25, -0.2) is 14.6 Å². The van der Waals surface area contributed by atoms with Crippen LogP contribution in [-0.4, -0.2) is 43.7 Å². The van der Waals surface area contributed by atoms with Gasteiger partial charge in [-0.15, -0.1) is 0 Å². The molecular formula is C16H17NO5. The van der Waals surface area contributed by atoms with E-state index < -0.39 is 23.6 Å². The molecule has 0 saturated carbocycles. The highest BCUT2D eigenvalue weighted by Crippen LogP contribution is 2.30. The van der Waals surface area contributed by atoms with Crippen LogP contribution < -0.4 is 0 Å². The maximum Gasteiger partial charge on any atom is 0.350 e. The van der Waals surface area contributed by atoms with Gasteiger partial charge in [-0.1, -0.05) is 36.4 Å². The fourth-order valence-corrected chi connectivity index (χ4v) is 2.27. The third-order valence-electron chi connectivity index (χ3n) is 3.30. The van der Waals surface area contributed by atoms with Crippen LogP contribution in [0.1, 0.15) is 12.5 Å². The van der Waals surface area contributed by atoms with Crippen molar-refractivity contribution < 1.29 is 23.8 Å². The molecule has 22 heavy (non-hydrogen) atoms. The molecular weight excluding hydrogens is 286 g/mol. The summed E-state index contributed by atoms with van der Waals surface area (Å²) in [5.41, 5.74) is -0.960. The summed E-state index contributed by atoms with van der Waals surface area (Å²) in [6.07, 6.45) is 2.43. The van der Waals surface area contributed by atoms with E-state index in [2.05, 4.69) is 4.99 Å². The fraction of sp³-hybridized carbons (Fsp3) is 0.312. The van der Waals surface area contributed by atoms with Crippen molar-refractivity contribution >= 4 is 23.9 Å². The summed E-state index contributed by atoms with van der Waals surface area (Å²) in [6, 6.07) is 9.42. The van der Waals surface area contributed by atoms with Crippen molar-refractivity contribution in [2.24, 2.45) is 4.99 Å². The number of esters is 2. The van der Waals surface area contributed by atoms with Gasteiger partial charge in [0.05, 0.1) is 14.2 Å². The number of methoxy groups -OCH3 is 2. The van der Waals surface area contributed by atoms with Gasteiger partial charge in [-0.3, -0.25) is 0 Å². The lowest BCUT2D eigenvalue weighted by molar-refractivity contribution is -0.163. The summed E-state index contributed by atoms with van der Waals surface area (Å²) in [7, 11) is 2.38. The second kappa shape index (κ2) is 6.43. The normalized spacial score (nSPS) is 19.4.